The largest absolute Gasteiger partial charge is 0.364 e. The second kappa shape index (κ2) is 6.58. The van der Waals surface area contributed by atoms with Crippen molar-refractivity contribution in [1.29, 1.82) is 0 Å². The molecule has 2 N–H and O–H groups in total. The summed E-state index contributed by atoms with van der Waals surface area (Å²) in [5.41, 5.74) is 3.16. The lowest BCUT2D eigenvalue weighted by atomic mass is 10.1. The number of benzene rings is 1. The number of amides is 1. The summed E-state index contributed by atoms with van der Waals surface area (Å²) in [5.74, 6) is 0.0868. The Balaban J connectivity index is 2.06. The normalized spacial score (nSPS) is 27.2. The molecule has 1 aliphatic heterocycles. The molecule has 0 aromatic heterocycles. The summed E-state index contributed by atoms with van der Waals surface area (Å²) in [4.78, 5) is 13.9. The molecule has 1 unspecified atom stereocenters. The number of rotatable bonds is 3. The second-order valence-corrected chi connectivity index (χ2v) is 6.30. The van der Waals surface area contributed by atoms with Crippen LogP contribution in [-0.4, -0.2) is 37.2 Å². The minimum atomic E-state index is -0.0715. The quantitative estimate of drug-likeness (QED) is 0.882. The maximum Gasteiger partial charge on any atom is 0.282 e. The molecule has 1 aromatic carbocycles. The highest BCUT2D eigenvalue weighted by atomic mass is 16.5. The molecule has 1 amide bonds. The van der Waals surface area contributed by atoms with Crippen molar-refractivity contribution in [2.75, 3.05) is 18.4 Å². The lowest BCUT2D eigenvalue weighted by Crippen LogP contribution is -3.19. The van der Waals surface area contributed by atoms with E-state index in [-0.39, 0.29) is 24.2 Å². The summed E-state index contributed by atoms with van der Waals surface area (Å²) in [6.07, 6.45) is 0.415. The van der Waals surface area contributed by atoms with E-state index in [1.807, 2.05) is 39.0 Å². The lowest BCUT2D eigenvalue weighted by molar-refractivity contribution is -0.928. The predicted octanol–water partition coefficient (Wildman–Crippen LogP) is 1.32. The predicted molar refractivity (Wildman–Crippen MR) is 84.7 cm³/mol. The molecule has 0 saturated carbocycles. The summed E-state index contributed by atoms with van der Waals surface area (Å²) in [6.45, 7) is 12.0. The molecular formula is C17H27N2O2+. The third-order valence-corrected chi connectivity index (χ3v) is 4.30. The van der Waals surface area contributed by atoms with Crippen molar-refractivity contribution in [3.05, 3.63) is 29.3 Å². The molecule has 4 heteroatoms. The summed E-state index contributed by atoms with van der Waals surface area (Å²) in [5, 5.41) is 3.10. The van der Waals surface area contributed by atoms with Crippen LogP contribution >= 0.6 is 0 Å². The van der Waals surface area contributed by atoms with Gasteiger partial charge in [-0.1, -0.05) is 18.2 Å². The van der Waals surface area contributed by atoms with Crippen molar-refractivity contribution in [2.45, 2.75) is 52.9 Å². The minimum Gasteiger partial charge on any atom is -0.364 e. The first-order chi connectivity index (χ1) is 9.88. The number of hydrogen-bond donors (Lipinski definition) is 2. The molecule has 1 fully saturated rings. The molecule has 0 aliphatic carbocycles. The topological polar surface area (TPSA) is 42.8 Å². The summed E-state index contributed by atoms with van der Waals surface area (Å²) in [7, 11) is 0. The van der Waals surface area contributed by atoms with Gasteiger partial charge in [-0.2, -0.15) is 0 Å². The van der Waals surface area contributed by atoms with Crippen LogP contribution in [0.25, 0.3) is 0 Å². The molecule has 1 aromatic rings. The minimum absolute atomic E-state index is 0.0715. The molecular weight excluding hydrogens is 264 g/mol. The number of hydrogen-bond acceptors (Lipinski definition) is 2. The van der Waals surface area contributed by atoms with Crippen molar-refractivity contribution in [3.63, 3.8) is 0 Å². The van der Waals surface area contributed by atoms with Gasteiger partial charge in [0.15, 0.2) is 6.04 Å². The first-order valence-electron chi connectivity index (χ1n) is 7.75. The molecule has 0 spiro atoms. The van der Waals surface area contributed by atoms with Crippen LogP contribution in [0.4, 0.5) is 5.69 Å². The van der Waals surface area contributed by atoms with E-state index >= 15 is 0 Å². The third kappa shape index (κ3) is 3.83. The van der Waals surface area contributed by atoms with Crippen LogP contribution in [0.3, 0.4) is 0 Å². The zero-order chi connectivity index (χ0) is 15.6. The van der Waals surface area contributed by atoms with Crippen LogP contribution in [-0.2, 0) is 9.53 Å². The Kier molecular flexibility index (Phi) is 5.01. The van der Waals surface area contributed by atoms with Gasteiger partial charge in [0.2, 0.25) is 0 Å². The van der Waals surface area contributed by atoms with Gasteiger partial charge in [0, 0.05) is 5.69 Å². The zero-order valence-corrected chi connectivity index (χ0v) is 13.7. The number of quaternary nitrogens is 1. The van der Waals surface area contributed by atoms with Gasteiger partial charge in [-0.25, -0.2) is 0 Å². The van der Waals surface area contributed by atoms with Gasteiger partial charge in [0.25, 0.3) is 5.91 Å². The number of aryl methyl sites for hydroxylation is 2. The lowest BCUT2D eigenvalue weighted by Gasteiger charge is -2.35. The van der Waals surface area contributed by atoms with E-state index in [1.165, 1.54) is 4.90 Å². The van der Waals surface area contributed by atoms with Gasteiger partial charge < -0.3 is 15.0 Å². The standard InChI is InChI=1S/C17H26N2O2/c1-11-7-6-8-12(2)16(11)18-17(20)15(5)19-9-13(3)21-14(4)10-19/h6-8,13-15H,9-10H2,1-5H3,(H,18,20)/p+1/t13-,14+,15-/m1/s1. The van der Waals surface area contributed by atoms with Crippen molar-refractivity contribution < 1.29 is 14.4 Å². The van der Waals surface area contributed by atoms with Crippen molar-refractivity contribution in [2.24, 2.45) is 0 Å². The molecule has 21 heavy (non-hydrogen) atoms. The van der Waals surface area contributed by atoms with E-state index in [4.69, 9.17) is 4.74 Å². The van der Waals surface area contributed by atoms with Crippen molar-refractivity contribution in [1.82, 2.24) is 0 Å². The molecule has 1 heterocycles. The Morgan fingerprint density at radius 1 is 1.24 bits per heavy atom. The van der Waals surface area contributed by atoms with E-state index in [2.05, 4.69) is 19.2 Å². The molecule has 1 saturated heterocycles. The maximum absolute atomic E-state index is 12.6. The fourth-order valence-electron chi connectivity index (χ4n) is 3.10. The van der Waals surface area contributed by atoms with Gasteiger partial charge >= 0.3 is 0 Å². The fourth-order valence-corrected chi connectivity index (χ4v) is 3.10. The SMILES string of the molecule is Cc1cccc(C)c1NC(=O)[C@@H](C)[NH+]1C[C@@H](C)O[C@@H](C)C1. The maximum atomic E-state index is 12.6. The first kappa shape index (κ1) is 16.0. The van der Waals surface area contributed by atoms with Crippen molar-refractivity contribution >= 4 is 11.6 Å². The Hall–Kier alpha value is -1.39. The summed E-state index contributed by atoms with van der Waals surface area (Å²) in [6, 6.07) is 6.00. The van der Waals surface area contributed by atoms with Crippen LogP contribution in [0.2, 0.25) is 0 Å². The van der Waals surface area contributed by atoms with Crippen LogP contribution in [0.5, 0.6) is 0 Å². The number of ether oxygens (including phenoxy) is 1. The molecule has 116 valence electrons. The Morgan fingerprint density at radius 3 is 2.29 bits per heavy atom. The molecule has 4 nitrogen and oxygen atoms in total. The van der Waals surface area contributed by atoms with E-state index in [1.54, 1.807) is 0 Å². The highest BCUT2D eigenvalue weighted by Crippen LogP contribution is 2.19. The highest BCUT2D eigenvalue weighted by molar-refractivity contribution is 5.95. The van der Waals surface area contributed by atoms with Crippen molar-refractivity contribution in [3.8, 4) is 0 Å². The highest BCUT2D eigenvalue weighted by Gasteiger charge is 2.33. The molecule has 4 atom stereocenters. The number of para-hydroxylation sites is 1. The van der Waals surface area contributed by atoms with E-state index in [0.717, 1.165) is 29.9 Å². The molecule has 0 radical (unpaired) electrons. The van der Waals surface area contributed by atoms with Crippen LogP contribution in [0.15, 0.2) is 18.2 Å². The number of nitrogens with one attached hydrogen (secondary N) is 2. The molecule has 0 bridgehead atoms. The Morgan fingerprint density at radius 2 is 1.76 bits per heavy atom. The van der Waals surface area contributed by atoms with Gasteiger partial charge in [-0.3, -0.25) is 4.79 Å². The van der Waals surface area contributed by atoms with Gasteiger partial charge in [-0.15, -0.1) is 0 Å². The van der Waals surface area contributed by atoms with E-state index < -0.39 is 0 Å². The summed E-state index contributed by atoms with van der Waals surface area (Å²) < 4.78 is 5.75. The van der Waals surface area contributed by atoms with Crippen LogP contribution in [0.1, 0.15) is 31.9 Å². The van der Waals surface area contributed by atoms with E-state index in [9.17, 15) is 4.79 Å². The fraction of sp³-hybridized carbons (Fsp3) is 0.588. The Labute approximate surface area is 127 Å². The molecule has 2 rings (SSSR count). The molecule has 1 aliphatic rings. The number of carbonyl (C=O) groups is 1. The van der Waals surface area contributed by atoms with Crippen LogP contribution in [0, 0.1) is 13.8 Å². The van der Waals surface area contributed by atoms with E-state index in [0.29, 0.717) is 0 Å². The van der Waals surface area contributed by atoms with Gasteiger partial charge in [0.1, 0.15) is 25.3 Å². The number of morpholine rings is 1. The van der Waals surface area contributed by atoms with Crippen LogP contribution < -0.4 is 10.2 Å². The Bertz CT molecular complexity index is 485. The average Bonchev–Trinajstić information content (AvgIpc) is 2.41. The number of carbonyl (C=O) groups excluding carboxylic acids is 1. The van der Waals surface area contributed by atoms with Gasteiger partial charge in [0.05, 0.1) is 0 Å². The monoisotopic (exact) mass is 291 g/mol. The third-order valence-electron chi connectivity index (χ3n) is 4.30. The summed E-state index contributed by atoms with van der Waals surface area (Å²) >= 11 is 0. The first-order valence-corrected chi connectivity index (χ1v) is 7.75. The smallest absolute Gasteiger partial charge is 0.282 e. The second-order valence-electron chi connectivity index (χ2n) is 6.30. The zero-order valence-electron chi connectivity index (χ0n) is 13.7. The number of anilines is 1. The van der Waals surface area contributed by atoms with Gasteiger partial charge in [-0.05, 0) is 45.7 Å². The average molecular weight is 291 g/mol.